The van der Waals surface area contributed by atoms with E-state index in [0.29, 0.717) is 0 Å². The summed E-state index contributed by atoms with van der Waals surface area (Å²) < 4.78 is 9.18. The first-order valence-corrected chi connectivity index (χ1v) is 20.2. The molecule has 2 heterocycles. The maximum Gasteiger partial charge on any atom is 0.143 e. The Morgan fingerprint density at radius 2 is 0.842 bits per heavy atom. The Hall–Kier alpha value is -7.20. The van der Waals surface area contributed by atoms with Gasteiger partial charge in [-0.3, -0.25) is 0 Å². The van der Waals surface area contributed by atoms with Crippen LogP contribution in [-0.2, 0) is 0 Å². The van der Waals surface area contributed by atoms with Crippen molar-refractivity contribution in [1.82, 2.24) is 0 Å². The van der Waals surface area contributed by atoms with Crippen LogP contribution in [0.5, 0.6) is 0 Å². The lowest BCUT2D eigenvalue weighted by atomic mass is 9.94. The predicted molar refractivity (Wildman–Crippen MR) is 243 cm³/mol. The molecule has 2 aromatic heterocycles. The van der Waals surface area contributed by atoms with Gasteiger partial charge < -0.3 is 9.32 Å². The van der Waals surface area contributed by atoms with Crippen LogP contribution in [0.1, 0.15) is 0 Å². The molecule has 2 nitrogen and oxygen atoms in total. The van der Waals surface area contributed by atoms with E-state index in [9.17, 15) is 0 Å². The van der Waals surface area contributed by atoms with Crippen molar-refractivity contribution in [3.8, 4) is 44.5 Å². The largest absolute Gasteiger partial charge is 0.455 e. The lowest BCUT2D eigenvalue weighted by Crippen LogP contribution is -2.11. The molecule has 0 fully saturated rings. The monoisotopic (exact) mass is 745 g/mol. The maximum absolute atomic E-state index is 6.63. The molecule has 0 atom stereocenters. The second kappa shape index (κ2) is 13.8. The summed E-state index contributed by atoms with van der Waals surface area (Å²) in [4.78, 5) is 2.46. The summed E-state index contributed by atoms with van der Waals surface area (Å²) in [5, 5.41) is 4.80. The average molecular weight is 746 g/mol. The van der Waals surface area contributed by atoms with Gasteiger partial charge in [0.25, 0.3) is 0 Å². The van der Waals surface area contributed by atoms with Crippen molar-refractivity contribution in [1.29, 1.82) is 0 Å². The van der Waals surface area contributed by atoms with E-state index >= 15 is 0 Å². The number of hydrogen-bond acceptors (Lipinski definition) is 3. The van der Waals surface area contributed by atoms with Crippen LogP contribution < -0.4 is 4.90 Å². The first kappa shape index (κ1) is 33.2. The number of benzene rings is 9. The zero-order valence-corrected chi connectivity index (χ0v) is 31.8. The molecule has 0 aliphatic heterocycles. The zero-order chi connectivity index (χ0) is 37.7. The minimum absolute atomic E-state index is 0.892. The lowest BCUT2D eigenvalue weighted by Gasteiger charge is -2.29. The summed E-state index contributed by atoms with van der Waals surface area (Å²) in [7, 11) is 0. The first-order valence-electron chi connectivity index (χ1n) is 19.3. The summed E-state index contributed by atoms with van der Waals surface area (Å²) >= 11 is 1.87. The van der Waals surface area contributed by atoms with E-state index in [1.807, 2.05) is 17.4 Å². The SMILES string of the molecule is c1ccc(-c2ccc(N(c3ccc(-c4ccc(-c5ccccc5)c5oc6ccccc6c45)cc3)c3c(-c4ccccc4)ccc4c3sc3ccccc34)cc2)cc1. The number of fused-ring (bicyclic) bond motifs is 6. The molecule has 9 aromatic carbocycles. The van der Waals surface area contributed by atoms with Crippen LogP contribution in [0.3, 0.4) is 0 Å². The molecule has 0 unspecified atom stereocenters. The predicted octanol–water partition coefficient (Wildman–Crippen LogP) is 16.1. The maximum atomic E-state index is 6.63. The Morgan fingerprint density at radius 1 is 0.351 bits per heavy atom. The van der Waals surface area contributed by atoms with Gasteiger partial charge in [-0.25, -0.2) is 0 Å². The topological polar surface area (TPSA) is 16.4 Å². The number of para-hydroxylation sites is 1. The average Bonchev–Trinajstić information content (AvgIpc) is 3.87. The molecule has 0 bridgehead atoms. The highest BCUT2D eigenvalue weighted by molar-refractivity contribution is 7.26. The fourth-order valence-corrected chi connectivity index (χ4v) is 9.63. The van der Waals surface area contributed by atoms with Crippen molar-refractivity contribution in [3.63, 3.8) is 0 Å². The van der Waals surface area contributed by atoms with Crippen LogP contribution in [0.25, 0.3) is 86.6 Å². The van der Waals surface area contributed by atoms with Crippen molar-refractivity contribution in [2.24, 2.45) is 0 Å². The van der Waals surface area contributed by atoms with Gasteiger partial charge in [-0.2, -0.15) is 0 Å². The molecular formula is C54H35NOS. The second-order valence-electron chi connectivity index (χ2n) is 14.4. The number of thiophene rings is 1. The summed E-state index contributed by atoms with van der Waals surface area (Å²) in [5.41, 5.74) is 14.4. The second-order valence-corrected chi connectivity index (χ2v) is 15.5. The van der Waals surface area contributed by atoms with Crippen LogP contribution >= 0.6 is 11.3 Å². The van der Waals surface area contributed by atoms with Crippen molar-refractivity contribution < 1.29 is 4.42 Å². The quantitative estimate of drug-likeness (QED) is 0.162. The fourth-order valence-electron chi connectivity index (χ4n) is 8.39. The molecule has 0 aliphatic rings. The molecule has 268 valence electrons. The van der Waals surface area contributed by atoms with Gasteiger partial charge in [0.2, 0.25) is 0 Å². The Labute approximate surface area is 335 Å². The summed E-state index contributed by atoms with van der Waals surface area (Å²) in [6.07, 6.45) is 0. The third-order valence-corrected chi connectivity index (χ3v) is 12.3. The van der Waals surface area contributed by atoms with Crippen LogP contribution in [0.15, 0.2) is 217 Å². The fraction of sp³-hybridized carbons (Fsp3) is 0. The van der Waals surface area contributed by atoms with Crippen molar-refractivity contribution in [2.75, 3.05) is 4.90 Å². The molecule has 11 rings (SSSR count). The molecule has 0 amide bonds. The highest BCUT2D eigenvalue weighted by atomic mass is 32.1. The Balaban J connectivity index is 1.12. The van der Waals surface area contributed by atoms with E-state index in [2.05, 4.69) is 211 Å². The minimum atomic E-state index is 0.892. The van der Waals surface area contributed by atoms with E-state index in [1.54, 1.807) is 0 Å². The van der Waals surface area contributed by atoms with Crippen molar-refractivity contribution in [2.45, 2.75) is 0 Å². The van der Waals surface area contributed by atoms with Gasteiger partial charge in [-0.1, -0.05) is 170 Å². The van der Waals surface area contributed by atoms with Crippen molar-refractivity contribution >= 4 is 70.5 Å². The molecule has 0 spiro atoms. The number of rotatable bonds is 7. The highest BCUT2D eigenvalue weighted by Crippen LogP contribution is 2.50. The summed E-state index contributed by atoms with van der Waals surface area (Å²) in [6, 6.07) is 76.3. The number of anilines is 3. The Bertz CT molecular complexity index is 3200. The van der Waals surface area contributed by atoms with Crippen LogP contribution in [0, 0.1) is 0 Å². The molecule has 0 radical (unpaired) electrons. The van der Waals surface area contributed by atoms with E-state index in [1.165, 1.54) is 48.1 Å². The molecule has 11 aromatic rings. The first-order chi connectivity index (χ1) is 28.3. The summed E-state index contributed by atoms with van der Waals surface area (Å²) in [6.45, 7) is 0. The third-order valence-electron chi connectivity index (χ3n) is 11.1. The standard InChI is InChI=1S/C54H35NOS/c1-4-14-36(15-5-1)37-24-28-41(29-25-37)55(52-44(38-16-6-2-7-17-38)33-35-47-46-20-11-13-23-50(46)57-54(47)52)42-30-26-40(27-31-42)43-32-34-45(39-18-8-3-9-19-39)53-51(43)48-21-10-12-22-49(48)56-53/h1-35H. The van der Waals surface area contributed by atoms with Gasteiger partial charge >= 0.3 is 0 Å². The molecule has 3 heteroatoms. The van der Waals surface area contributed by atoms with Crippen LogP contribution in [0.2, 0.25) is 0 Å². The van der Waals surface area contributed by atoms with Gasteiger partial charge in [0, 0.05) is 48.7 Å². The van der Waals surface area contributed by atoms with E-state index in [0.717, 1.165) is 55.6 Å². The van der Waals surface area contributed by atoms with Gasteiger partial charge in [-0.15, -0.1) is 11.3 Å². The number of nitrogens with zero attached hydrogens (tertiary/aromatic N) is 1. The molecule has 0 saturated carbocycles. The van der Waals surface area contributed by atoms with Gasteiger partial charge in [0.1, 0.15) is 11.2 Å². The molecule has 0 aliphatic carbocycles. The van der Waals surface area contributed by atoms with Crippen LogP contribution in [0.4, 0.5) is 17.1 Å². The van der Waals surface area contributed by atoms with Crippen LogP contribution in [-0.4, -0.2) is 0 Å². The van der Waals surface area contributed by atoms with Crippen molar-refractivity contribution in [3.05, 3.63) is 212 Å². The van der Waals surface area contributed by atoms with Gasteiger partial charge in [-0.05, 0) is 75.8 Å². The molecule has 57 heavy (non-hydrogen) atoms. The van der Waals surface area contributed by atoms with E-state index in [4.69, 9.17) is 4.42 Å². The summed E-state index contributed by atoms with van der Waals surface area (Å²) in [5.74, 6) is 0. The molecular weight excluding hydrogens is 711 g/mol. The number of hydrogen-bond donors (Lipinski definition) is 0. The third kappa shape index (κ3) is 5.71. The van der Waals surface area contributed by atoms with Gasteiger partial charge in [0.15, 0.2) is 0 Å². The smallest absolute Gasteiger partial charge is 0.143 e. The highest BCUT2D eigenvalue weighted by Gasteiger charge is 2.24. The normalized spacial score (nSPS) is 11.5. The Kier molecular flexibility index (Phi) is 8.04. The van der Waals surface area contributed by atoms with E-state index in [-0.39, 0.29) is 0 Å². The zero-order valence-electron chi connectivity index (χ0n) is 31.0. The Morgan fingerprint density at radius 3 is 1.53 bits per heavy atom. The molecule has 0 N–H and O–H groups in total. The minimum Gasteiger partial charge on any atom is -0.455 e. The lowest BCUT2D eigenvalue weighted by molar-refractivity contribution is 0.670. The number of furan rings is 1. The van der Waals surface area contributed by atoms with Gasteiger partial charge in [0.05, 0.1) is 10.4 Å². The molecule has 0 saturated heterocycles. The van der Waals surface area contributed by atoms with E-state index < -0.39 is 0 Å².